The van der Waals surface area contributed by atoms with E-state index in [1.165, 1.54) is 17.5 Å². The molecular formula is C13H18O3S. The van der Waals surface area contributed by atoms with Gasteiger partial charge in [-0.15, -0.1) is 0 Å². The van der Waals surface area contributed by atoms with Gasteiger partial charge in [0.05, 0.1) is 16.6 Å². The molecule has 0 aromatic heterocycles. The minimum atomic E-state index is -1.06. The molecular weight excluding hydrogens is 236 g/mol. The highest BCUT2D eigenvalue weighted by atomic mass is 32.2. The summed E-state index contributed by atoms with van der Waals surface area (Å²) in [6.07, 6.45) is 3.08. The fourth-order valence-corrected chi connectivity index (χ4v) is 3.35. The monoisotopic (exact) mass is 254 g/mol. The van der Waals surface area contributed by atoms with Crippen molar-refractivity contribution in [3.63, 3.8) is 0 Å². The molecule has 94 valence electrons. The highest BCUT2D eigenvalue weighted by Crippen LogP contribution is 2.24. The molecule has 1 aliphatic carbocycles. The van der Waals surface area contributed by atoms with E-state index in [1.54, 1.807) is 14.2 Å². The first-order valence-corrected chi connectivity index (χ1v) is 7.12. The van der Waals surface area contributed by atoms with Gasteiger partial charge in [0.2, 0.25) is 0 Å². The van der Waals surface area contributed by atoms with Crippen molar-refractivity contribution >= 4 is 10.8 Å². The Bertz CT molecular complexity index is 413. The summed E-state index contributed by atoms with van der Waals surface area (Å²) in [5.74, 6) is 0.381. The van der Waals surface area contributed by atoms with Gasteiger partial charge in [-0.2, -0.15) is 0 Å². The lowest BCUT2D eigenvalue weighted by molar-refractivity contribution is -0.0847. The zero-order valence-electron chi connectivity index (χ0n) is 10.3. The van der Waals surface area contributed by atoms with E-state index in [0.717, 1.165) is 17.7 Å². The van der Waals surface area contributed by atoms with Gasteiger partial charge in [-0.05, 0) is 42.5 Å². The van der Waals surface area contributed by atoms with Gasteiger partial charge in [0.1, 0.15) is 0 Å². The van der Waals surface area contributed by atoms with E-state index in [4.69, 9.17) is 9.47 Å². The number of ether oxygens (including phenoxy) is 2. The van der Waals surface area contributed by atoms with Crippen molar-refractivity contribution in [2.75, 3.05) is 20.0 Å². The van der Waals surface area contributed by atoms with E-state index in [1.807, 2.05) is 6.07 Å². The molecule has 1 atom stereocenters. The lowest BCUT2D eigenvalue weighted by atomic mass is 10.1. The maximum absolute atomic E-state index is 12.1. The minimum Gasteiger partial charge on any atom is -0.355 e. The highest BCUT2D eigenvalue weighted by molar-refractivity contribution is 7.85. The molecule has 0 saturated heterocycles. The average Bonchev–Trinajstić information content (AvgIpc) is 2.82. The summed E-state index contributed by atoms with van der Waals surface area (Å²) >= 11 is 0. The molecule has 0 aliphatic heterocycles. The van der Waals surface area contributed by atoms with Gasteiger partial charge in [-0.1, -0.05) is 6.07 Å². The van der Waals surface area contributed by atoms with Crippen molar-refractivity contribution in [3.05, 3.63) is 29.3 Å². The summed E-state index contributed by atoms with van der Waals surface area (Å²) in [6, 6.07) is 6.13. The summed E-state index contributed by atoms with van der Waals surface area (Å²) in [4.78, 5) is 0.879. The van der Waals surface area contributed by atoms with Crippen LogP contribution in [0, 0.1) is 0 Å². The summed E-state index contributed by atoms with van der Waals surface area (Å²) < 4.78 is 22.3. The lowest BCUT2D eigenvalue weighted by Gasteiger charge is -2.13. The van der Waals surface area contributed by atoms with Gasteiger partial charge >= 0.3 is 0 Å². The number of benzene rings is 1. The Morgan fingerprint density at radius 2 is 1.94 bits per heavy atom. The number of rotatable bonds is 5. The second kappa shape index (κ2) is 5.76. The van der Waals surface area contributed by atoms with Crippen LogP contribution < -0.4 is 0 Å². The predicted octanol–water partition coefficient (Wildman–Crippen LogP) is 1.90. The standard InChI is InChI=1S/C13H18O3S/c1-15-13(16-2)9-17(14)12-7-6-10-4-3-5-11(10)8-12/h6-8,13H,3-5,9H2,1-2H3. The number of aryl methyl sites for hydroxylation is 2. The van der Waals surface area contributed by atoms with Gasteiger partial charge in [0.15, 0.2) is 6.29 Å². The summed E-state index contributed by atoms with van der Waals surface area (Å²) in [6.45, 7) is 0. The number of hydrogen-bond donors (Lipinski definition) is 0. The molecule has 0 amide bonds. The van der Waals surface area contributed by atoms with Crippen LogP contribution in [0.5, 0.6) is 0 Å². The molecule has 0 heterocycles. The molecule has 0 saturated carbocycles. The van der Waals surface area contributed by atoms with Gasteiger partial charge in [0, 0.05) is 19.1 Å². The summed E-state index contributed by atoms with van der Waals surface area (Å²) in [5, 5.41) is 0. The van der Waals surface area contributed by atoms with Crippen LogP contribution in [0.3, 0.4) is 0 Å². The van der Waals surface area contributed by atoms with Crippen LogP contribution in [0.4, 0.5) is 0 Å². The van der Waals surface area contributed by atoms with Crippen LogP contribution in [0.1, 0.15) is 17.5 Å². The van der Waals surface area contributed by atoms with Crippen LogP contribution >= 0.6 is 0 Å². The topological polar surface area (TPSA) is 35.5 Å². The van der Waals surface area contributed by atoms with E-state index in [2.05, 4.69) is 12.1 Å². The van der Waals surface area contributed by atoms with E-state index < -0.39 is 17.1 Å². The first-order chi connectivity index (χ1) is 8.24. The van der Waals surface area contributed by atoms with Gasteiger partial charge in [-0.25, -0.2) is 0 Å². The molecule has 0 fully saturated rings. The number of methoxy groups -OCH3 is 2. The van der Waals surface area contributed by atoms with Crippen molar-refractivity contribution in [2.45, 2.75) is 30.4 Å². The Morgan fingerprint density at radius 3 is 2.65 bits per heavy atom. The molecule has 4 heteroatoms. The lowest BCUT2D eigenvalue weighted by Crippen LogP contribution is -2.21. The van der Waals surface area contributed by atoms with Gasteiger partial charge in [0.25, 0.3) is 0 Å². The van der Waals surface area contributed by atoms with Crippen molar-refractivity contribution in [1.29, 1.82) is 0 Å². The predicted molar refractivity (Wildman–Crippen MR) is 67.5 cm³/mol. The van der Waals surface area contributed by atoms with E-state index in [9.17, 15) is 4.21 Å². The Labute approximate surface area is 105 Å². The number of fused-ring (bicyclic) bond motifs is 1. The maximum atomic E-state index is 12.1. The van der Waals surface area contributed by atoms with E-state index in [0.29, 0.717) is 5.75 Å². The van der Waals surface area contributed by atoms with Crippen molar-refractivity contribution in [2.24, 2.45) is 0 Å². The molecule has 17 heavy (non-hydrogen) atoms. The molecule has 3 nitrogen and oxygen atoms in total. The van der Waals surface area contributed by atoms with Crippen LogP contribution in [0.15, 0.2) is 23.1 Å². The quantitative estimate of drug-likeness (QED) is 0.753. The minimum absolute atomic E-state index is 0.381. The van der Waals surface area contributed by atoms with E-state index >= 15 is 0 Å². The first kappa shape index (κ1) is 12.7. The van der Waals surface area contributed by atoms with Crippen LogP contribution in [0.2, 0.25) is 0 Å². The molecule has 1 aromatic carbocycles. The Balaban J connectivity index is 2.09. The highest BCUT2D eigenvalue weighted by Gasteiger charge is 2.16. The molecule has 0 spiro atoms. The second-order valence-corrected chi connectivity index (χ2v) is 5.69. The third kappa shape index (κ3) is 2.94. The van der Waals surface area contributed by atoms with Gasteiger partial charge < -0.3 is 9.47 Å². The first-order valence-electron chi connectivity index (χ1n) is 5.80. The third-order valence-electron chi connectivity index (χ3n) is 3.15. The normalized spacial score (nSPS) is 16.2. The molecule has 1 aromatic rings. The van der Waals surface area contributed by atoms with Crippen molar-refractivity contribution in [3.8, 4) is 0 Å². The Morgan fingerprint density at radius 1 is 1.24 bits per heavy atom. The molecule has 0 bridgehead atoms. The Hall–Kier alpha value is -0.710. The van der Waals surface area contributed by atoms with E-state index in [-0.39, 0.29) is 0 Å². The average molecular weight is 254 g/mol. The number of hydrogen-bond acceptors (Lipinski definition) is 3. The third-order valence-corrected chi connectivity index (χ3v) is 4.50. The van der Waals surface area contributed by atoms with Crippen LogP contribution in [-0.4, -0.2) is 30.5 Å². The van der Waals surface area contributed by atoms with Crippen LogP contribution in [0.25, 0.3) is 0 Å². The van der Waals surface area contributed by atoms with Crippen molar-refractivity contribution in [1.82, 2.24) is 0 Å². The zero-order valence-corrected chi connectivity index (χ0v) is 11.1. The van der Waals surface area contributed by atoms with Crippen LogP contribution in [-0.2, 0) is 33.1 Å². The summed E-state index contributed by atoms with van der Waals surface area (Å²) in [7, 11) is 2.07. The maximum Gasteiger partial charge on any atom is 0.168 e. The Kier molecular flexibility index (Phi) is 4.31. The second-order valence-electron chi connectivity index (χ2n) is 4.20. The molecule has 1 aliphatic rings. The molecule has 0 N–H and O–H groups in total. The largest absolute Gasteiger partial charge is 0.355 e. The SMILES string of the molecule is COC(CS(=O)c1ccc2c(c1)CCC2)OC. The zero-order chi connectivity index (χ0) is 12.3. The fraction of sp³-hybridized carbons (Fsp3) is 0.538. The molecule has 1 unspecified atom stereocenters. The molecule has 2 rings (SSSR count). The van der Waals surface area contributed by atoms with Crippen molar-refractivity contribution < 1.29 is 13.7 Å². The molecule has 0 radical (unpaired) electrons. The fourth-order valence-electron chi connectivity index (χ4n) is 2.14. The summed E-state index contributed by atoms with van der Waals surface area (Å²) in [5.41, 5.74) is 2.75. The smallest absolute Gasteiger partial charge is 0.168 e. The van der Waals surface area contributed by atoms with Gasteiger partial charge in [-0.3, -0.25) is 4.21 Å².